The van der Waals surface area contributed by atoms with Crippen molar-refractivity contribution in [1.29, 1.82) is 0 Å². The van der Waals surface area contributed by atoms with Gasteiger partial charge in [0.2, 0.25) is 5.91 Å². The fraction of sp³-hybridized carbons (Fsp3) is 0.235. The molecular formula is C17H20N2OS. The molecule has 1 amide bonds. The maximum Gasteiger partial charge on any atom is 0.245 e. The molecule has 0 saturated heterocycles. The van der Waals surface area contributed by atoms with Crippen LogP contribution in [0, 0.1) is 0 Å². The molecule has 21 heavy (non-hydrogen) atoms. The van der Waals surface area contributed by atoms with Crippen molar-refractivity contribution in [3.05, 3.63) is 66.2 Å². The maximum atomic E-state index is 12.2. The molecule has 0 spiro atoms. The average Bonchev–Trinajstić information content (AvgIpc) is 2.49. The van der Waals surface area contributed by atoms with E-state index in [2.05, 4.69) is 17.4 Å². The zero-order valence-corrected chi connectivity index (χ0v) is 12.9. The first-order valence-corrected chi connectivity index (χ1v) is 8.00. The van der Waals surface area contributed by atoms with Gasteiger partial charge in [-0.3, -0.25) is 4.79 Å². The maximum absolute atomic E-state index is 12.2. The molecule has 1 atom stereocenters. The van der Waals surface area contributed by atoms with Crippen LogP contribution in [-0.4, -0.2) is 17.2 Å². The summed E-state index contributed by atoms with van der Waals surface area (Å²) in [6, 6.07) is 19.5. The highest BCUT2D eigenvalue weighted by Crippen LogP contribution is 2.18. The van der Waals surface area contributed by atoms with Crippen LogP contribution in [0.1, 0.15) is 12.5 Å². The van der Waals surface area contributed by atoms with E-state index >= 15 is 0 Å². The second kappa shape index (κ2) is 7.29. The molecule has 3 nitrogen and oxygen atoms in total. The van der Waals surface area contributed by atoms with Crippen molar-refractivity contribution in [1.82, 2.24) is 0 Å². The quantitative estimate of drug-likeness (QED) is 0.861. The van der Waals surface area contributed by atoms with Crippen molar-refractivity contribution in [2.45, 2.75) is 18.2 Å². The van der Waals surface area contributed by atoms with Gasteiger partial charge in [-0.15, -0.1) is 0 Å². The Morgan fingerprint density at radius 3 is 2.29 bits per heavy atom. The number of carbonyl (C=O) groups excluding carboxylic acids is 1. The van der Waals surface area contributed by atoms with Gasteiger partial charge in [-0.25, -0.2) is 0 Å². The first kappa shape index (κ1) is 15.6. The SMILES string of the molecule is CC(N)(CSCc1ccccc1)C(=O)Nc1ccccc1. The van der Waals surface area contributed by atoms with Crippen molar-refractivity contribution in [3.8, 4) is 0 Å². The minimum absolute atomic E-state index is 0.158. The first-order chi connectivity index (χ1) is 10.1. The van der Waals surface area contributed by atoms with Crippen molar-refractivity contribution < 1.29 is 4.79 Å². The van der Waals surface area contributed by atoms with Crippen molar-refractivity contribution in [2.75, 3.05) is 11.1 Å². The predicted molar refractivity (Wildman–Crippen MR) is 90.3 cm³/mol. The van der Waals surface area contributed by atoms with Crippen LogP contribution in [0.2, 0.25) is 0 Å². The van der Waals surface area contributed by atoms with E-state index in [1.54, 1.807) is 18.7 Å². The van der Waals surface area contributed by atoms with E-state index in [0.29, 0.717) is 5.75 Å². The van der Waals surface area contributed by atoms with Crippen LogP contribution in [0.5, 0.6) is 0 Å². The summed E-state index contributed by atoms with van der Waals surface area (Å²) >= 11 is 1.67. The number of amides is 1. The Morgan fingerprint density at radius 2 is 1.67 bits per heavy atom. The van der Waals surface area contributed by atoms with Crippen LogP contribution >= 0.6 is 11.8 Å². The average molecular weight is 300 g/mol. The number of carbonyl (C=O) groups is 1. The molecule has 2 aromatic rings. The number of thioether (sulfide) groups is 1. The molecule has 0 aliphatic heterocycles. The van der Waals surface area contributed by atoms with Crippen LogP contribution in [0.15, 0.2) is 60.7 Å². The summed E-state index contributed by atoms with van der Waals surface area (Å²) in [4.78, 5) is 12.2. The number of anilines is 1. The largest absolute Gasteiger partial charge is 0.324 e. The van der Waals surface area contributed by atoms with Gasteiger partial charge in [-0.05, 0) is 24.6 Å². The smallest absolute Gasteiger partial charge is 0.245 e. The minimum atomic E-state index is -0.894. The normalized spacial score (nSPS) is 13.4. The molecule has 110 valence electrons. The molecule has 0 aliphatic carbocycles. The van der Waals surface area contributed by atoms with Crippen molar-refractivity contribution in [2.24, 2.45) is 5.73 Å². The molecule has 2 rings (SSSR count). The zero-order chi connectivity index (χ0) is 15.1. The van der Waals surface area contributed by atoms with E-state index in [-0.39, 0.29) is 5.91 Å². The second-order valence-corrected chi connectivity index (χ2v) is 6.20. The third-order valence-corrected chi connectivity index (χ3v) is 4.41. The monoisotopic (exact) mass is 300 g/mol. The summed E-state index contributed by atoms with van der Waals surface area (Å²) in [5.74, 6) is 1.27. The molecule has 0 aliphatic rings. The van der Waals surface area contributed by atoms with Gasteiger partial charge in [-0.2, -0.15) is 11.8 Å². The van der Waals surface area contributed by atoms with Gasteiger partial charge in [0.1, 0.15) is 5.54 Å². The third-order valence-electron chi connectivity index (χ3n) is 3.06. The Hall–Kier alpha value is -1.78. The van der Waals surface area contributed by atoms with E-state index in [1.807, 2.05) is 48.5 Å². The van der Waals surface area contributed by atoms with E-state index in [0.717, 1.165) is 11.4 Å². The van der Waals surface area contributed by atoms with Gasteiger partial charge < -0.3 is 11.1 Å². The molecule has 0 radical (unpaired) electrons. The first-order valence-electron chi connectivity index (χ1n) is 6.85. The summed E-state index contributed by atoms with van der Waals surface area (Å²) in [6.07, 6.45) is 0. The Kier molecular flexibility index (Phi) is 5.42. The number of hydrogen-bond donors (Lipinski definition) is 2. The van der Waals surface area contributed by atoms with Gasteiger partial charge in [0.25, 0.3) is 0 Å². The van der Waals surface area contributed by atoms with Crippen LogP contribution < -0.4 is 11.1 Å². The van der Waals surface area contributed by atoms with Crippen LogP contribution in [0.25, 0.3) is 0 Å². The lowest BCUT2D eigenvalue weighted by atomic mass is 10.1. The zero-order valence-electron chi connectivity index (χ0n) is 12.1. The molecule has 0 heterocycles. The Bertz CT molecular complexity index is 570. The Labute approximate surface area is 129 Å². The van der Waals surface area contributed by atoms with Crippen LogP contribution in [0.3, 0.4) is 0 Å². The van der Waals surface area contributed by atoms with Gasteiger partial charge >= 0.3 is 0 Å². The number of benzene rings is 2. The van der Waals surface area contributed by atoms with Crippen molar-refractivity contribution >= 4 is 23.4 Å². The molecule has 3 N–H and O–H groups in total. The number of hydrogen-bond acceptors (Lipinski definition) is 3. The number of nitrogens with one attached hydrogen (secondary N) is 1. The summed E-state index contributed by atoms with van der Waals surface area (Å²) in [6.45, 7) is 1.77. The molecule has 0 saturated carbocycles. The summed E-state index contributed by atoms with van der Waals surface area (Å²) < 4.78 is 0. The van der Waals surface area contributed by atoms with Gasteiger partial charge in [0, 0.05) is 17.2 Å². The summed E-state index contributed by atoms with van der Waals surface area (Å²) in [5, 5.41) is 2.85. The van der Waals surface area contributed by atoms with Gasteiger partial charge in [0.15, 0.2) is 0 Å². The molecule has 1 unspecified atom stereocenters. The second-order valence-electron chi connectivity index (χ2n) is 5.22. The highest BCUT2D eigenvalue weighted by molar-refractivity contribution is 7.98. The molecule has 0 fully saturated rings. The van der Waals surface area contributed by atoms with E-state index in [1.165, 1.54) is 5.56 Å². The summed E-state index contributed by atoms with van der Waals surface area (Å²) in [5.41, 5.74) is 7.25. The Morgan fingerprint density at radius 1 is 1.10 bits per heavy atom. The fourth-order valence-electron chi connectivity index (χ4n) is 1.82. The van der Waals surface area contributed by atoms with E-state index in [9.17, 15) is 4.79 Å². The predicted octanol–water partition coefficient (Wildman–Crippen LogP) is 3.28. The van der Waals surface area contributed by atoms with E-state index < -0.39 is 5.54 Å². The molecule has 4 heteroatoms. The van der Waals surface area contributed by atoms with Crippen LogP contribution in [-0.2, 0) is 10.5 Å². The lowest BCUT2D eigenvalue weighted by Crippen LogP contribution is -2.50. The highest BCUT2D eigenvalue weighted by atomic mass is 32.2. The lowest BCUT2D eigenvalue weighted by Gasteiger charge is -2.23. The van der Waals surface area contributed by atoms with Gasteiger partial charge in [0.05, 0.1) is 0 Å². The Balaban J connectivity index is 1.84. The summed E-state index contributed by atoms with van der Waals surface area (Å²) in [7, 11) is 0. The van der Waals surface area contributed by atoms with Crippen molar-refractivity contribution in [3.63, 3.8) is 0 Å². The molecular weight excluding hydrogens is 280 g/mol. The number of para-hydroxylation sites is 1. The minimum Gasteiger partial charge on any atom is -0.324 e. The van der Waals surface area contributed by atoms with Crippen LogP contribution in [0.4, 0.5) is 5.69 Å². The molecule has 0 aromatic heterocycles. The number of nitrogens with two attached hydrogens (primary N) is 1. The number of rotatable bonds is 6. The topological polar surface area (TPSA) is 55.1 Å². The molecule has 0 bridgehead atoms. The standard InChI is InChI=1S/C17H20N2OS/c1-17(18,13-21-12-14-8-4-2-5-9-14)16(20)19-15-10-6-3-7-11-15/h2-11H,12-13,18H2,1H3,(H,19,20). The third kappa shape index (κ3) is 4.92. The fourth-order valence-corrected chi connectivity index (χ4v) is 2.90. The molecule has 2 aromatic carbocycles. The van der Waals surface area contributed by atoms with E-state index in [4.69, 9.17) is 5.73 Å². The highest BCUT2D eigenvalue weighted by Gasteiger charge is 2.28. The lowest BCUT2D eigenvalue weighted by molar-refractivity contribution is -0.119. The van der Waals surface area contributed by atoms with Gasteiger partial charge in [-0.1, -0.05) is 48.5 Å².